The molecule has 2 aromatic carbocycles. The first-order valence-electron chi connectivity index (χ1n) is 7.40. The quantitative estimate of drug-likeness (QED) is 0.666. The van der Waals surface area contributed by atoms with Gasteiger partial charge in [0.1, 0.15) is 5.69 Å². The van der Waals surface area contributed by atoms with E-state index in [1.807, 2.05) is 30.3 Å². The van der Waals surface area contributed by atoms with Crippen LogP contribution in [0.1, 0.15) is 6.92 Å². The molecule has 0 fully saturated rings. The van der Waals surface area contributed by atoms with E-state index in [0.29, 0.717) is 16.8 Å². The van der Waals surface area contributed by atoms with E-state index >= 15 is 0 Å². The highest BCUT2D eigenvalue weighted by Gasteiger charge is 2.22. The molecule has 0 amide bonds. The van der Waals surface area contributed by atoms with Crippen molar-refractivity contribution in [3.8, 4) is 28.3 Å². The van der Waals surface area contributed by atoms with Crippen molar-refractivity contribution in [1.82, 2.24) is 5.16 Å². The van der Waals surface area contributed by atoms with Gasteiger partial charge in [0.2, 0.25) is 0 Å². The van der Waals surface area contributed by atoms with Crippen molar-refractivity contribution in [3.63, 3.8) is 0 Å². The molecule has 3 aromatic rings. The van der Waals surface area contributed by atoms with Gasteiger partial charge in [0.05, 0.1) is 10.5 Å². The number of carbonyl (C=O) groups is 1. The third kappa shape index (κ3) is 3.61. The third-order valence-electron chi connectivity index (χ3n) is 3.52. The lowest BCUT2D eigenvalue weighted by Gasteiger charge is -2.05. The first-order valence-corrected chi connectivity index (χ1v) is 9.29. The van der Waals surface area contributed by atoms with Gasteiger partial charge in [-0.25, -0.2) is 8.42 Å². The Bertz CT molecular complexity index is 1010. The Labute approximate surface area is 145 Å². The number of benzene rings is 2. The number of aromatic nitrogens is 1. The highest BCUT2D eigenvalue weighted by molar-refractivity contribution is 7.90. The van der Waals surface area contributed by atoms with Crippen LogP contribution in [0.5, 0.6) is 5.95 Å². The largest absolute Gasteiger partial charge is 0.391 e. The van der Waals surface area contributed by atoms with Crippen molar-refractivity contribution in [2.45, 2.75) is 11.8 Å². The van der Waals surface area contributed by atoms with Gasteiger partial charge in [-0.05, 0) is 17.7 Å². The van der Waals surface area contributed by atoms with Crippen LogP contribution in [0, 0.1) is 0 Å². The summed E-state index contributed by atoms with van der Waals surface area (Å²) in [6.07, 6.45) is 1.15. The number of rotatable bonds is 4. The molecule has 0 aliphatic heterocycles. The molecule has 0 spiro atoms. The van der Waals surface area contributed by atoms with E-state index in [-0.39, 0.29) is 10.8 Å². The molecule has 0 saturated heterocycles. The van der Waals surface area contributed by atoms with E-state index in [9.17, 15) is 13.2 Å². The predicted octanol–water partition coefficient (Wildman–Crippen LogP) is 3.34. The molecule has 1 aromatic heterocycles. The summed E-state index contributed by atoms with van der Waals surface area (Å²) < 4.78 is 33.5. The van der Waals surface area contributed by atoms with Crippen molar-refractivity contribution >= 4 is 15.8 Å². The predicted molar refractivity (Wildman–Crippen MR) is 91.8 cm³/mol. The van der Waals surface area contributed by atoms with Gasteiger partial charge >= 0.3 is 11.9 Å². The Balaban J connectivity index is 2.13. The van der Waals surface area contributed by atoms with Crippen molar-refractivity contribution < 1.29 is 22.5 Å². The smallest absolute Gasteiger partial charge is 0.327 e. The van der Waals surface area contributed by atoms with E-state index < -0.39 is 15.8 Å². The SMILES string of the molecule is CC(=O)Oc1onc(-c2ccc(S(C)(=O)=O)cc2)c1-c1ccccc1. The van der Waals surface area contributed by atoms with E-state index in [0.717, 1.165) is 11.8 Å². The number of hydrogen-bond acceptors (Lipinski definition) is 6. The molecular formula is C18H15NO5S. The minimum atomic E-state index is -3.29. The highest BCUT2D eigenvalue weighted by atomic mass is 32.2. The van der Waals surface area contributed by atoms with Crippen molar-refractivity contribution in [1.29, 1.82) is 0 Å². The molecule has 0 atom stereocenters. The fourth-order valence-electron chi connectivity index (χ4n) is 2.39. The van der Waals surface area contributed by atoms with Gasteiger partial charge in [-0.2, -0.15) is 0 Å². The number of sulfone groups is 1. The van der Waals surface area contributed by atoms with Crippen LogP contribution < -0.4 is 4.74 Å². The van der Waals surface area contributed by atoms with Crippen LogP contribution in [0.2, 0.25) is 0 Å². The van der Waals surface area contributed by atoms with Crippen LogP contribution in [0.4, 0.5) is 0 Å². The maximum Gasteiger partial charge on any atom is 0.327 e. The summed E-state index contributed by atoms with van der Waals surface area (Å²) in [6, 6.07) is 15.5. The Morgan fingerprint density at radius 3 is 2.20 bits per heavy atom. The summed E-state index contributed by atoms with van der Waals surface area (Å²) in [7, 11) is -3.29. The van der Waals surface area contributed by atoms with Crippen LogP contribution in [-0.2, 0) is 14.6 Å². The topological polar surface area (TPSA) is 86.5 Å². The zero-order valence-electron chi connectivity index (χ0n) is 13.6. The fourth-order valence-corrected chi connectivity index (χ4v) is 3.02. The molecule has 0 aliphatic carbocycles. The van der Waals surface area contributed by atoms with Gasteiger partial charge in [0.15, 0.2) is 9.84 Å². The summed E-state index contributed by atoms with van der Waals surface area (Å²) in [5.41, 5.74) is 2.40. The molecule has 128 valence electrons. The van der Waals surface area contributed by atoms with Crippen molar-refractivity contribution in [3.05, 3.63) is 54.6 Å². The molecule has 0 aliphatic rings. The van der Waals surface area contributed by atoms with Crippen LogP contribution in [0.15, 0.2) is 64.0 Å². The normalized spacial score (nSPS) is 11.3. The van der Waals surface area contributed by atoms with E-state index in [2.05, 4.69) is 5.16 Å². The summed E-state index contributed by atoms with van der Waals surface area (Å²) in [4.78, 5) is 11.5. The second-order valence-corrected chi connectivity index (χ2v) is 7.47. The lowest BCUT2D eigenvalue weighted by molar-refractivity contribution is -0.133. The van der Waals surface area contributed by atoms with Crippen molar-refractivity contribution in [2.75, 3.05) is 6.26 Å². The molecule has 0 saturated carbocycles. The maximum atomic E-state index is 11.6. The van der Waals surface area contributed by atoms with Gasteiger partial charge in [-0.3, -0.25) is 4.79 Å². The summed E-state index contributed by atoms with van der Waals surface area (Å²) in [6.45, 7) is 1.28. The Morgan fingerprint density at radius 1 is 1.00 bits per heavy atom. The standard InChI is InChI=1S/C18H15NO5S/c1-12(20)23-18-16(13-6-4-3-5-7-13)17(19-24-18)14-8-10-15(11-9-14)25(2,21)22/h3-11H,1-2H3. The molecule has 7 heteroatoms. The molecule has 0 bridgehead atoms. The van der Waals surface area contributed by atoms with Gasteiger partial charge in [-0.1, -0.05) is 47.6 Å². The summed E-state index contributed by atoms with van der Waals surface area (Å²) in [5.74, 6) is -0.520. The molecule has 1 heterocycles. The Kier molecular flexibility index (Phi) is 4.41. The van der Waals surface area contributed by atoms with E-state index in [1.54, 1.807) is 12.1 Å². The minimum Gasteiger partial charge on any atom is -0.391 e. The first-order chi connectivity index (χ1) is 11.9. The van der Waals surface area contributed by atoms with Gasteiger partial charge in [-0.15, -0.1) is 0 Å². The molecule has 0 N–H and O–H groups in total. The number of esters is 1. The van der Waals surface area contributed by atoms with Crippen LogP contribution in [0.3, 0.4) is 0 Å². The van der Waals surface area contributed by atoms with Crippen LogP contribution in [-0.4, -0.2) is 25.8 Å². The Hall–Kier alpha value is -2.93. The molecule has 0 unspecified atom stereocenters. The average molecular weight is 357 g/mol. The van der Waals surface area contributed by atoms with Crippen LogP contribution in [0.25, 0.3) is 22.4 Å². The van der Waals surface area contributed by atoms with Gasteiger partial charge in [0, 0.05) is 18.7 Å². The zero-order chi connectivity index (χ0) is 18.0. The Morgan fingerprint density at radius 2 is 1.64 bits per heavy atom. The fraction of sp³-hybridized carbons (Fsp3) is 0.111. The molecular weight excluding hydrogens is 342 g/mol. The van der Waals surface area contributed by atoms with E-state index in [1.165, 1.54) is 19.1 Å². The second-order valence-electron chi connectivity index (χ2n) is 5.45. The van der Waals surface area contributed by atoms with Gasteiger partial charge in [0.25, 0.3) is 0 Å². The first kappa shape index (κ1) is 16.9. The molecule has 25 heavy (non-hydrogen) atoms. The zero-order valence-corrected chi connectivity index (χ0v) is 14.4. The number of nitrogens with zero attached hydrogens (tertiary/aromatic N) is 1. The minimum absolute atomic E-state index is 0.000824. The number of ether oxygens (including phenoxy) is 1. The van der Waals surface area contributed by atoms with Gasteiger partial charge < -0.3 is 9.26 Å². The molecule has 3 rings (SSSR count). The monoisotopic (exact) mass is 357 g/mol. The average Bonchev–Trinajstić information content (AvgIpc) is 2.98. The lowest BCUT2D eigenvalue weighted by Crippen LogP contribution is -2.01. The van der Waals surface area contributed by atoms with Crippen molar-refractivity contribution in [2.24, 2.45) is 0 Å². The van der Waals surface area contributed by atoms with E-state index in [4.69, 9.17) is 9.26 Å². The number of carbonyl (C=O) groups excluding carboxylic acids is 1. The van der Waals surface area contributed by atoms with Crippen LogP contribution >= 0.6 is 0 Å². The number of hydrogen-bond donors (Lipinski definition) is 0. The summed E-state index contributed by atoms with van der Waals surface area (Å²) >= 11 is 0. The molecule has 6 nitrogen and oxygen atoms in total. The molecule has 0 radical (unpaired) electrons. The highest BCUT2D eigenvalue weighted by Crippen LogP contribution is 2.39. The maximum absolute atomic E-state index is 11.6. The second kappa shape index (κ2) is 6.52. The summed E-state index contributed by atoms with van der Waals surface area (Å²) in [5, 5.41) is 4.01. The lowest BCUT2D eigenvalue weighted by atomic mass is 10.0. The third-order valence-corrected chi connectivity index (χ3v) is 4.64.